The summed E-state index contributed by atoms with van der Waals surface area (Å²) in [4.78, 5) is 18.9. The van der Waals surface area contributed by atoms with Gasteiger partial charge in [-0.3, -0.25) is 9.79 Å². The van der Waals surface area contributed by atoms with E-state index in [9.17, 15) is 4.79 Å². The van der Waals surface area contributed by atoms with Crippen LogP contribution in [-0.4, -0.2) is 56.1 Å². The van der Waals surface area contributed by atoms with Crippen molar-refractivity contribution in [2.45, 2.75) is 51.5 Å². The lowest BCUT2D eigenvalue weighted by Crippen LogP contribution is -2.45. The second-order valence-corrected chi connectivity index (χ2v) is 7.86. The largest absolute Gasteiger partial charge is 0.493 e. The molecule has 1 aliphatic carbocycles. The van der Waals surface area contributed by atoms with Crippen LogP contribution >= 0.6 is 0 Å². The second kappa shape index (κ2) is 10.3. The summed E-state index contributed by atoms with van der Waals surface area (Å²) in [6.45, 7) is 5.16. The highest BCUT2D eigenvalue weighted by molar-refractivity contribution is 5.81. The van der Waals surface area contributed by atoms with Crippen molar-refractivity contribution in [3.63, 3.8) is 0 Å². The normalized spacial score (nSPS) is 20.4. The van der Waals surface area contributed by atoms with Crippen LogP contribution < -0.4 is 15.4 Å². The molecule has 1 heterocycles. The number of carbonyl (C=O) groups excluding carboxylic acids is 1. The van der Waals surface area contributed by atoms with Crippen molar-refractivity contribution in [1.29, 1.82) is 0 Å². The van der Waals surface area contributed by atoms with Gasteiger partial charge in [-0.05, 0) is 44.2 Å². The molecule has 6 heteroatoms. The van der Waals surface area contributed by atoms with Crippen LogP contribution in [0.4, 0.5) is 0 Å². The summed E-state index contributed by atoms with van der Waals surface area (Å²) in [5.41, 5.74) is 1.16. The fourth-order valence-electron chi connectivity index (χ4n) is 4.08. The van der Waals surface area contributed by atoms with Gasteiger partial charge in [0.2, 0.25) is 5.91 Å². The number of hydrogen-bond acceptors (Lipinski definition) is 3. The first kappa shape index (κ1) is 20.5. The number of amides is 1. The highest BCUT2D eigenvalue weighted by atomic mass is 16.5. The maximum atomic E-state index is 12.6. The van der Waals surface area contributed by atoms with E-state index in [-0.39, 0.29) is 12.0 Å². The Bertz CT molecular complexity index is 670. The van der Waals surface area contributed by atoms with Gasteiger partial charge in [0, 0.05) is 38.6 Å². The fourth-order valence-corrected chi connectivity index (χ4v) is 4.08. The third kappa shape index (κ3) is 5.63. The number of hydrogen-bond donors (Lipinski definition) is 2. The summed E-state index contributed by atoms with van der Waals surface area (Å²) < 4.78 is 5.83. The van der Waals surface area contributed by atoms with E-state index >= 15 is 0 Å². The lowest BCUT2D eigenvalue weighted by Gasteiger charge is -2.21. The van der Waals surface area contributed by atoms with Crippen LogP contribution in [0.15, 0.2) is 29.3 Å². The minimum absolute atomic E-state index is 0.268. The lowest BCUT2D eigenvalue weighted by atomic mass is 10.1. The first-order valence-electron chi connectivity index (χ1n) is 10.6. The molecule has 2 aliphatic rings. The number of rotatable bonds is 7. The van der Waals surface area contributed by atoms with Crippen LogP contribution in [0.3, 0.4) is 0 Å². The zero-order chi connectivity index (χ0) is 19.8. The molecule has 1 atom stereocenters. The van der Waals surface area contributed by atoms with Crippen molar-refractivity contribution in [2.24, 2.45) is 10.9 Å². The van der Waals surface area contributed by atoms with E-state index < -0.39 is 0 Å². The molecule has 0 aromatic heterocycles. The van der Waals surface area contributed by atoms with Gasteiger partial charge in [0.05, 0.1) is 6.61 Å². The molecular weight excluding hydrogens is 352 g/mol. The van der Waals surface area contributed by atoms with Gasteiger partial charge in [0.25, 0.3) is 0 Å². The molecule has 1 aliphatic heterocycles. The monoisotopic (exact) mass is 386 g/mol. The van der Waals surface area contributed by atoms with Gasteiger partial charge >= 0.3 is 0 Å². The first-order chi connectivity index (χ1) is 13.7. The summed E-state index contributed by atoms with van der Waals surface area (Å²) in [6.07, 6.45) is 6.43. The summed E-state index contributed by atoms with van der Waals surface area (Å²) in [7, 11) is 1.79. The smallest absolute Gasteiger partial charge is 0.225 e. The van der Waals surface area contributed by atoms with Crippen LogP contribution in [0.1, 0.15) is 44.1 Å². The van der Waals surface area contributed by atoms with Crippen LogP contribution in [0.5, 0.6) is 5.75 Å². The molecular formula is C22H34N4O2. The van der Waals surface area contributed by atoms with E-state index in [4.69, 9.17) is 4.74 Å². The Hall–Kier alpha value is -2.24. The number of likely N-dealkylation sites (tertiary alicyclic amines) is 1. The molecule has 154 valence electrons. The third-order valence-electron chi connectivity index (χ3n) is 5.73. The number of carbonyl (C=O) groups is 1. The molecule has 6 nitrogen and oxygen atoms in total. The number of ether oxygens (including phenoxy) is 1. The highest BCUT2D eigenvalue weighted by Crippen LogP contribution is 2.27. The van der Waals surface area contributed by atoms with Crippen LogP contribution in [-0.2, 0) is 4.79 Å². The van der Waals surface area contributed by atoms with Gasteiger partial charge in [0.1, 0.15) is 5.75 Å². The standard InChI is InChI=1S/C22H34N4O2/c1-17-8-3-6-11-20(17)28-15-7-13-24-22(23-2)25-19-12-14-26(16-19)21(27)18-9-4-5-10-18/h3,6,8,11,18-19H,4-5,7,9-10,12-16H2,1-2H3,(H2,23,24,25). The molecule has 0 spiro atoms. The van der Waals surface area contributed by atoms with Crippen molar-refractivity contribution < 1.29 is 9.53 Å². The highest BCUT2D eigenvalue weighted by Gasteiger charge is 2.32. The van der Waals surface area contributed by atoms with Crippen molar-refractivity contribution in [2.75, 3.05) is 33.3 Å². The van der Waals surface area contributed by atoms with Gasteiger partial charge in [-0.25, -0.2) is 0 Å². The molecule has 0 radical (unpaired) electrons. The van der Waals surface area contributed by atoms with Gasteiger partial charge in [-0.15, -0.1) is 0 Å². The predicted octanol–water partition coefficient (Wildman–Crippen LogP) is 2.72. The Labute approximate surface area is 168 Å². The van der Waals surface area contributed by atoms with Crippen molar-refractivity contribution in [1.82, 2.24) is 15.5 Å². The average molecular weight is 387 g/mol. The first-order valence-corrected chi connectivity index (χ1v) is 10.6. The van der Waals surface area contributed by atoms with E-state index in [0.29, 0.717) is 12.5 Å². The maximum absolute atomic E-state index is 12.6. The van der Waals surface area contributed by atoms with Crippen LogP contribution in [0.25, 0.3) is 0 Å². The lowest BCUT2D eigenvalue weighted by molar-refractivity contribution is -0.134. The second-order valence-electron chi connectivity index (χ2n) is 7.86. The molecule has 28 heavy (non-hydrogen) atoms. The Balaban J connectivity index is 1.33. The number of aryl methyl sites for hydroxylation is 1. The zero-order valence-corrected chi connectivity index (χ0v) is 17.2. The Morgan fingerprint density at radius 1 is 1.25 bits per heavy atom. The average Bonchev–Trinajstić information content (AvgIpc) is 3.40. The minimum atomic E-state index is 0.268. The molecule has 3 rings (SSSR count). The molecule has 2 fully saturated rings. The van der Waals surface area contributed by atoms with E-state index in [1.54, 1.807) is 7.05 Å². The molecule has 1 aromatic carbocycles. The van der Waals surface area contributed by atoms with E-state index in [1.165, 1.54) is 12.8 Å². The topological polar surface area (TPSA) is 66.0 Å². The van der Waals surface area contributed by atoms with Crippen LogP contribution in [0.2, 0.25) is 0 Å². The van der Waals surface area contributed by atoms with Gasteiger partial charge in [-0.2, -0.15) is 0 Å². The number of guanidine groups is 1. The SMILES string of the molecule is CN=C(NCCCOc1ccccc1C)NC1CCN(C(=O)C2CCCC2)C1. The number of nitrogens with one attached hydrogen (secondary N) is 2. The molecule has 1 saturated heterocycles. The molecule has 1 aromatic rings. The van der Waals surface area contributed by atoms with E-state index in [1.807, 2.05) is 23.1 Å². The van der Waals surface area contributed by atoms with Crippen molar-refractivity contribution in [3.8, 4) is 5.75 Å². The van der Waals surface area contributed by atoms with Gasteiger partial charge in [0.15, 0.2) is 5.96 Å². The predicted molar refractivity (Wildman–Crippen MR) is 113 cm³/mol. The molecule has 2 N–H and O–H groups in total. The van der Waals surface area contributed by atoms with Crippen molar-refractivity contribution >= 4 is 11.9 Å². The summed E-state index contributed by atoms with van der Waals surface area (Å²) in [5.74, 6) is 2.38. The quantitative estimate of drug-likeness (QED) is 0.430. The Morgan fingerprint density at radius 2 is 2.04 bits per heavy atom. The number of nitrogens with zero attached hydrogens (tertiary/aromatic N) is 2. The van der Waals surface area contributed by atoms with Gasteiger partial charge < -0.3 is 20.3 Å². The number of para-hydroxylation sites is 1. The molecule has 1 saturated carbocycles. The van der Waals surface area contributed by atoms with E-state index in [0.717, 1.165) is 62.6 Å². The summed E-state index contributed by atoms with van der Waals surface area (Å²) in [6, 6.07) is 8.35. The number of aliphatic imine (C=N–C) groups is 1. The van der Waals surface area contributed by atoms with Crippen molar-refractivity contribution in [3.05, 3.63) is 29.8 Å². The fraction of sp³-hybridized carbons (Fsp3) is 0.636. The summed E-state index contributed by atoms with van der Waals surface area (Å²) >= 11 is 0. The minimum Gasteiger partial charge on any atom is -0.493 e. The summed E-state index contributed by atoms with van der Waals surface area (Å²) in [5, 5.41) is 6.81. The zero-order valence-electron chi connectivity index (χ0n) is 17.2. The molecule has 1 unspecified atom stereocenters. The maximum Gasteiger partial charge on any atom is 0.225 e. The van der Waals surface area contributed by atoms with Crippen LogP contribution in [0, 0.1) is 12.8 Å². The third-order valence-corrected chi connectivity index (χ3v) is 5.73. The van der Waals surface area contributed by atoms with Gasteiger partial charge in [-0.1, -0.05) is 31.0 Å². The van der Waals surface area contributed by atoms with E-state index in [2.05, 4.69) is 28.6 Å². The Kier molecular flexibility index (Phi) is 7.57. The Morgan fingerprint density at radius 3 is 2.79 bits per heavy atom. The molecule has 0 bridgehead atoms. The molecule has 1 amide bonds. The number of benzene rings is 1.